The number of benzene rings is 2. The molecule has 4 aromatic rings. The molecule has 2 aliphatic heterocycles. The van der Waals surface area contributed by atoms with Gasteiger partial charge in [-0.1, -0.05) is 55.5 Å². The zero-order valence-electron chi connectivity index (χ0n) is 27.6. The Bertz CT molecular complexity index is 2000. The second-order valence-electron chi connectivity index (χ2n) is 13.4. The minimum atomic E-state index is -3.09. The molecule has 0 saturated carbocycles. The van der Waals surface area contributed by atoms with Gasteiger partial charge >= 0.3 is 12.6 Å². The number of H-pyrrole nitrogens is 1. The van der Waals surface area contributed by atoms with E-state index in [2.05, 4.69) is 41.9 Å². The van der Waals surface area contributed by atoms with Crippen molar-refractivity contribution in [2.45, 2.75) is 70.7 Å². The van der Waals surface area contributed by atoms with Crippen LogP contribution in [0.15, 0.2) is 76.0 Å². The van der Waals surface area contributed by atoms with Gasteiger partial charge in [0.15, 0.2) is 5.58 Å². The van der Waals surface area contributed by atoms with Gasteiger partial charge in [0.2, 0.25) is 5.89 Å². The number of alkyl halides is 2. The maximum absolute atomic E-state index is 13.7. The van der Waals surface area contributed by atoms with Crippen LogP contribution in [0.3, 0.4) is 0 Å². The highest BCUT2D eigenvalue weighted by Gasteiger charge is 2.46. The average Bonchev–Trinajstić information content (AvgIpc) is 3.84. The number of halogens is 2. The van der Waals surface area contributed by atoms with Gasteiger partial charge in [-0.05, 0) is 81.1 Å². The first-order valence-electron chi connectivity index (χ1n) is 16.9. The summed E-state index contributed by atoms with van der Waals surface area (Å²) in [7, 11) is 0. The van der Waals surface area contributed by atoms with Crippen molar-refractivity contribution in [2.24, 2.45) is 5.92 Å². The first kappa shape index (κ1) is 32.9. The van der Waals surface area contributed by atoms with E-state index in [1.54, 1.807) is 11.0 Å². The third kappa shape index (κ3) is 6.21. The molecule has 256 valence electrons. The smallest absolute Gasteiger partial charge is 0.387 e. The number of carboxylic acids is 1. The SMILES string of the molecule is Cc1ccccc1C1=CC=CC(c2ccc(CN3CCCC3)c(=O)[nH]2)(c2nc3cc(CN4CCC[C@H]4C(=O)O)c(OC(F)F)cc3o2)C1C. The molecule has 9 nitrogen and oxygen atoms in total. The van der Waals surface area contributed by atoms with Gasteiger partial charge in [0, 0.05) is 41.9 Å². The molecule has 11 heteroatoms. The summed E-state index contributed by atoms with van der Waals surface area (Å²) >= 11 is 0. The number of allylic oxidation sites excluding steroid dienone is 4. The van der Waals surface area contributed by atoms with Crippen molar-refractivity contribution in [1.82, 2.24) is 19.8 Å². The number of aryl methyl sites for hydroxylation is 1. The molecule has 7 rings (SSSR count). The number of pyridine rings is 1. The molecule has 2 aromatic heterocycles. The Hall–Kier alpha value is -4.61. The molecule has 2 fully saturated rings. The fourth-order valence-corrected chi connectivity index (χ4v) is 7.82. The number of aromatic nitrogens is 2. The van der Waals surface area contributed by atoms with Gasteiger partial charge in [-0.25, -0.2) is 4.98 Å². The predicted molar refractivity (Wildman–Crippen MR) is 182 cm³/mol. The summed E-state index contributed by atoms with van der Waals surface area (Å²) in [6.07, 6.45) is 9.41. The summed E-state index contributed by atoms with van der Waals surface area (Å²) in [5.41, 5.74) is 4.26. The van der Waals surface area contributed by atoms with Gasteiger partial charge < -0.3 is 19.2 Å². The summed E-state index contributed by atoms with van der Waals surface area (Å²) in [5.74, 6) is -1.03. The van der Waals surface area contributed by atoms with Crippen LogP contribution in [0.25, 0.3) is 16.7 Å². The van der Waals surface area contributed by atoms with Crippen LogP contribution in [0.1, 0.15) is 66.4 Å². The molecule has 2 aromatic carbocycles. The van der Waals surface area contributed by atoms with E-state index < -0.39 is 24.0 Å². The number of carboxylic acid groups (broad SMARTS) is 1. The lowest BCUT2D eigenvalue weighted by molar-refractivity contribution is -0.142. The lowest BCUT2D eigenvalue weighted by Gasteiger charge is -2.38. The quantitative estimate of drug-likeness (QED) is 0.193. The van der Waals surface area contributed by atoms with Crippen molar-refractivity contribution in [1.29, 1.82) is 0 Å². The number of fused-ring (bicyclic) bond motifs is 1. The molecule has 3 aliphatic rings. The first-order chi connectivity index (χ1) is 23.6. The minimum absolute atomic E-state index is 0.0947. The molecule has 2 saturated heterocycles. The predicted octanol–water partition coefficient (Wildman–Crippen LogP) is 6.65. The fourth-order valence-electron chi connectivity index (χ4n) is 7.82. The number of nitrogens with one attached hydrogen (secondary N) is 1. The molecular weight excluding hydrogens is 630 g/mol. The van der Waals surface area contributed by atoms with E-state index in [1.165, 1.54) is 6.07 Å². The number of ether oxygens (including phenoxy) is 1. The highest BCUT2D eigenvalue weighted by molar-refractivity contribution is 5.79. The number of hydrogen-bond acceptors (Lipinski definition) is 7. The van der Waals surface area contributed by atoms with Gasteiger partial charge in [0.25, 0.3) is 5.56 Å². The Balaban J connectivity index is 1.35. The summed E-state index contributed by atoms with van der Waals surface area (Å²) in [6, 6.07) is 14.3. The third-order valence-electron chi connectivity index (χ3n) is 10.4. The van der Waals surface area contributed by atoms with E-state index in [0.29, 0.717) is 48.3 Å². The molecule has 2 N–H and O–H groups in total. The summed E-state index contributed by atoms with van der Waals surface area (Å²) in [5, 5.41) is 9.73. The molecule has 4 heterocycles. The molecule has 0 spiro atoms. The van der Waals surface area contributed by atoms with Crippen molar-refractivity contribution in [3.8, 4) is 5.75 Å². The Kier molecular flexibility index (Phi) is 8.97. The van der Waals surface area contributed by atoms with Crippen molar-refractivity contribution in [2.75, 3.05) is 19.6 Å². The summed E-state index contributed by atoms with van der Waals surface area (Å²) in [6.45, 7) is 4.16. The number of hydrogen-bond donors (Lipinski definition) is 2. The molecule has 0 radical (unpaired) electrons. The van der Waals surface area contributed by atoms with Crippen molar-refractivity contribution < 1.29 is 27.8 Å². The molecular formula is C38H40F2N4O5. The molecule has 49 heavy (non-hydrogen) atoms. The van der Waals surface area contributed by atoms with E-state index in [9.17, 15) is 23.5 Å². The third-order valence-corrected chi connectivity index (χ3v) is 10.4. The van der Waals surface area contributed by atoms with Crippen molar-refractivity contribution in [3.63, 3.8) is 0 Å². The number of likely N-dealkylation sites (tertiary alicyclic amines) is 2. The maximum atomic E-state index is 13.7. The minimum Gasteiger partial charge on any atom is -0.480 e. The van der Waals surface area contributed by atoms with Crippen LogP contribution in [0.2, 0.25) is 0 Å². The van der Waals surface area contributed by atoms with Gasteiger partial charge in [0.1, 0.15) is 22.7 Å². The summed E-state index contributed by atoms with van der Waals surface area (Å²) < 4.78 is 38.7. The van der Waals surface area contributed by atoms with E-state index >= 15 is 0 Å². The van der Waals surface area contributed by atoms with Crippen LogP contribution >= 0.6 is 0 Å². The maximum Gasteiger partial charge on any atom is 0.387 e. The first-order valence-corrected chi connectivity index (χ1v) is 16.9. The normalized spacial score (nSPS) is 23.1. The molecule has 0 bridgehead atoms. The number of oxazole rings is 1. The molecule has 0 amide bonds. The lowest BCUT2D eigenvalue weighted by Crippen LogP contribution is -2.38. The molecule has 1 aliphatic carbocycles. The van der Waals surface area contributed by atoms with Crippen LogP contribution < -0.4 is 10.3 Å². The highest BCUT2D eigenvalue weighted by Crippen LogP contribution is 2.49. The van der Waals surface area contributed by atoms with Crippen LogP contribution in [0.4, 0.5) is 8.78 Å². The average molecular weight is 671 g/mol. The van der Waals surface area contributed by atoms with Crippen LogP contribution in [-0.4, -0.2) is 63.1 Å². The Morgan fingerprint density at radius 1 is 1.10 bits per heavy atom. The van der Waals surface area contributed by atoms with E-state index in [1.807, 2.05) is 36.4 Å². The van der Waals surface area contributed by atoms with Crippen LogP contribution in [0, 0.1) is 12.8 Å². The largest absolute Gasteiger partial charge is 0.480 e. The number of aromatic amines is 1. The van der Waals surface area contributed by atoms with E-state index in [4.69, 9.17) is 14.1 Å². The standard InChI is InChI=1S/C38H40F2N4O5/c1-23-9-3-4-10-27(23)28-11-7-15-38(24(28)2,33-14-13-25(34(45)42-33)21-43-16-5-6-17-43)36-41-29-19-26(22-44-18-8-12-30(44)35(46)47)31(49-37(39)40)20-32(29)48-36/h3-4,7,9-11,13-15,19-20,24,30,37H,5-6,8,12,16-18,21-22H2,1-2H3,(H,42,45)(H,46,47)/t24?,30-,38?/m0/s1. The Labute approximate surface area is 282 Å². The number of aliphatic carboxylic acids is 1. The number of carbonyl (C=O) groups is 1. The van der Waals surface area contributed by atoms with E-state index in [0.717, 1.165) is 42.6 Å². The fraction of sp³-hybridized carbons (Fsp3) is 0.395. The Morgan fingerprint density at radius 2 is 1.90 bits per heavy atom. The highest BCUT2D eigenvalue weighted by atomic mass is 19.3. The van der Waals surface area contributed by atoms with Crippen LogP contribution in [-0.2, 0) is 23.3 Å². The van der Waals surface area contributed by atoms with Crippen LogP contribution in [0.5, 0.6) is 5.75 Å². The van der Waals surface area contributed by atoms with Gasteiger partial charge in [-0.15, -0.1) is 0 Å². The van der Waals surface area contributed by atoms with E-state index in [-0.39, 0.29) is 35.2 Å². The number of rotatable bonds is 10. The Morgan fingerprint density at radius 3 is 2.63 bits per heavy atom. The topological polar surface area (TPSA) is 112 Å². The van der Waals surface area contributed by atoms with Gasteiger partial charge in [-0.3, -0.25) is 19.4 Å². The van der Waals surface area contributed by atoms with Crippen molar-refractivity contribution >= 4 is 22.6 Å². The van der Waals surface area contributed by atoms with Gasteiger partial charge in [0.05, 0.1) is 0 Å². The second kappa shape index (κ2) is 13.4. The lowest BCUT2D eigenvalue weighted by atomic mass is 9.66. The zero-order valence-corrected chi connectivity index (χ0v) is 27.6. The monoisotopic (exact) mass is 670 g/mol. The molecule has 3 atom stereocenters. The summed E-state index contributed by atoms with van der Waals surface area (Å²) in [4.78, 5) is 37.7. The van der Waals surface area contributed by atoms with Crippen molar-refractivity contribution in [3.05, 3.63) is 111 Å². The zero-order chi connectivity index (χ0) is 34.3. The van der Waals surface area contributed by atoms with Gasteiger partial charge in [-0.2, -0.15) is 8.78 Å². The number of nitrogens with zero attached hydrogens (tertiary/aromatic N) is 3. The second-order valence-corrected chi connectivity index (χ2v) is 13.4. The molecule has 2 unspecified atom stereocenters.